The number of hydrogen-bond donors (Lipinski definition) is 2. The summed E-state index contributed by atoms with van der Waals surface area (Å²) >= 11 is 2.99. The van der Waals surface area contributed by atoms with Gasteiger partial charge in [-0.25, -0.2) is 4.98 Å². The predicted octanol–water partition coefficient (Wildman–Crippen LogP) is 4.49. The second kappa shape index (κ2) is 11.3. The minimum Gasteiger partial charge on any atom is -0.338 e. The smallest absolute Gasteiger partial charge is 0.234 e. The first-order valence-corrected chi connectivity index (χ1v) is 13.8. The largest absolute Gasteiger partial charge is 0.338 e. The van der Waals surface area contributed by atoms with Crippen molar-refractivity contribution in [3.8, 4) is 0 Å². The van der Waals surface area contributed by atoms with E-state index in [0.29, 0.717) is 17.1 Å². The maximum absolute atomic E-state index is 12.0. The van der Waals surface area contributed by atoms with Crippen LogP contribution < -0.4 is 15.5 Å². The molecule has 1 aliphatic heterocycles. The van der Waals surface area contributed by atoms with Crippen molar-refractivity contribution in [2.24, 2.45) is 5.92 Å². The van der Waals surface area contributed by atoms with Gasteiger partial charge in [0.05, 0.1) is 0 Å². The molecule has 9 nitrogen and oxygen atoms in total. The molecule has 184 valence electrons. The lowest BCUT2D eigenvalue weighted by Gasteiger charge is -2.34. The highest BCUT2D eigenvalue weighted by Gasteiger charge is 2.29. The van der Waals surface area contributed by atoms with Gasteiger partial charge in [0.15, 0.2) is 10.3 Å². The number of nitrogens with zero attached hydrogens (tertiary/aromatic N) is 6. The highest BCUT2D eigenvalue weighted by Crippen LogP contribution is 2.32. The molecule has 3 aromatic rings. The lowest BCUT2D eigenvalue weighted by atomic mass is 10.2. The third kappa shape index (κ3) is 6.68. The van der Waals surface area contributed by atoms with Gasteiger partial charge in [-0.1, -0.05) is 13.3 Å². The molecule has 1 amide bonds. The van der Waals surface area contributed by atoms with Crippen LogP contribution in [0, 0.1) is 5.92 Å². The van der Waals surface area contributed by atoms with Gasteiger partial charge in [-0.05, 0) is 61.8 Å². The van der Waals surface area contributed by atoms with Crippen LogP contribution in [0.15, 0.2) is 45.9 Å². The Bertz CT molecular complexity index is 1110. The van der Waals surface area contributed by atoms with Crippen molar-refractivity contribution in [2.45, 2.75) is 42.7 Å². The lowest BCUT2D eigenvalue weighted by molar-refractivity contribution is -0.117. The van der Waals surface area contributed by atoms with Gasteiger partial charge in [-0.2, -0.15) is 15.0 Å². The Balaban J connectivity index is 1.30. The summed E-state index contributed by atoms with van der Waals surface area (Å²) in [6.45, 7) is 7.19. The van der Waals surface area contributed by atoms with Crippen LogP contribution in [0.1, 0.15) is 32.6 Å². The van der Waals surface area contributed by atoms with Gasteiger partial charge in [0.2, 0.25) is 17.8 Å². The zero-order valence-electron chi connectivity index (χ0n) is 19.8. The van der Waals surface area contributed by atoms with E-state index in [-0.39, 0.29) is 11.8 Å². The van der Waals surface area contributed by atoms with E-state index in [1.165, 1.54) is 35.9 Å². The molecule has 2 aliphatic rings. The molecule has 11 heteroatoms. The van der Waals surface area contributed by atoms with Crippen LogP contribution in [-0.4, -0.2) is 63.5 Å². The van der Waals surface area contributed by atoms with Crippen molar-refractivity contribution >= 4 is 51.7 Å². The monoisotopic (exact) mass is 510 g/mol. The summed E-state index contributed by atoms with van der Waals surface area (Å²) in [5.74, 6) is 1.48. The average Bonchev–Trinajstić information content (AvgIpc) is 3.61. The molecule has 5 rings (SSSR count). The Morgan fingerprint density at radius 3 is 2.60 bits per heavy atom. The number of hydrogen-bond acceptors (Lipinski definition) is 10. The third-order valence-corrected chi connectivity index (χ3v) is 7.58. The minimum absolute atomic E-state index is 0.111. The fourth-order valence-electron chi connectivity index (χ4n) is 3.82. The Hall–Kier alpha value is -2.76. The molecule has 2 fully saturated rings. The van der Waals surface area contributed by atoms with Crippen LogP contribution in [0.2, 0.25) is 0 Å². The Morgan fingerprint density at radius 2 is 1.91 bits per heavy atom. The van der Waals surface area contributed by atoms with Crippen LogP contribution >= 0.6 is 23.1 Å². The van der Waals surface area contributed by atoms with Gasteiger partial charge in [-0.15, -0.1) is 11.3 Å². The van der Waals surface area contributed by atoms with Crippen molar-refractivity contribution < 1.29 is 4.79 Å². The normalized spacial score (nSPS) is 16.3. The Labute approximate surface area is 213 Å². The summed E-state index contributed by atoms with van der Waals surface area (Å²) in [6.07, 6.45) is 6.19. The van der Waals surface area contributed by atoms with E-state index in [2.05, 4.69) is 37.3 Å². The Morgan fingerprint density at radius 1 is 1.11 bits per heavy atom. The van der Waals surface area contributed by atoms with Gasteiger partial charge >= 0.3 is 0 Å². The number of unbranched alkanes of at least 4 members (excludes halogenated alkanes) is 1. The van der Waals surface area contributed by atoms with Gasteiger partial charge in [0, 0.05) is 54.3 Å². The zero-order chi connectivity index (χ0) is 24.0. The summed E-state index contributed by atoms with van der Waals surface area (Å²) < 4.78 is 0. The fraction of sp³-hybridized carbons (Fsp3) is 0.458. The molecule has 1 saturated heterocycles. The molecule has 2 N–H and O–H groups in total. The summed E-state index contributed by atoms with van der Waals surface area (Å²) in [5, 5.41) is 9.49. The van der Waals surface area contributed by atoms with E-state index in [9.17, 15) is 4.79 Å². The van der Waals surface area contributed by atoms with E-state index in [1.54, 1.807) is 6.20 Å². The summed E-state index contributed by atoms with van der Waals surface area (Å²) in [5.41, 5.74) is 0.814. The number of benzene rings is 1. The van der Waals surface area contributed by atoms with Gasteiger partial charge in [0.25, 0.3) is 0 Å². The molecule has 1 aliphatic carbocycles. The molecule has 3 heterocycles. The summed E-state index contributed by atoms with van der Waals surface area (Å²) in [6, 6.07) is 7.82. The number of piperazine rings is 1. The minimum atomic E-state index is 0.111. The van der Waals surface area contributed by atoms with E-state index in [0.717, 1.165) is 61.3 Å². The van der Waals surface area contributed by atoms with Gasteiger partial charge in [-0.3, -0.25) is 15.0 Å². The fourth-order valence-corrected chi connectivity index (χ4v) is 5.09. The van der Waals surface area contributed by atoms with Crippen molar-refractivity contribution in [3.05, 3.63) is 35.8 Å². The van der Waals surface area contributed by atoms with E-state index >= 15 is 0 Å². The van der Waals surface area contributed by atoms with Crippen molar-refractivity contribution in [1.82, 2.24) is 24.8 Å². The molecule has 0 atom stereocenters. The van der Waals surface area contributed by atoms with Crippen molar-refractivity contribution in [1.29, 1.82) is 0 Å². The average molecular weight is 511 g/mol. The van der Waals surface area contributed by atoms with Crippen LogP contribution in [0.5, 0.6) is 0 Å². The molecular weight excluding hydrogens is 480 g/mol. The second-order valence-corrected chi connectivity index (χ2v) is 10.7. The number of nitrogens with one attached hydrogen (secondary N) is 2. The molecule has 0 radical (unpaired) electrons. The van der Waals surface area contributed by atoms with Gasteiger partial charge in [0.1, 0.15) is 0 Å². The number of thiazole rings is 1. The van der Waals surface area contributed by atoms with E-state index in [1.807, 2.05) is 29.6 Å². The SMILES string of the molecule is CCCCN1CCN(c2nc(Nc3nccs3)nc(Sc3ccc(NC(=O)C4CC4)cc3)n2)CC1. The lowest BCUT2D eigenvalue weighted by Crippen LogP contribution is -2.47. The summed E-state index contributed by atoms with van der Waals surface area (Å²) in [7, 11) is 0. The highest BCUT2D eigenvalue weighted by atomic mass is 32.2. The predicted molar refractivity (Wildman–Crippen MR) is 141 cm³/mol. The Kier molecular flexibility index (Phi) is 7.75. The first-order chi connectivity index (χ1) is 17.2. The number of rotatable bonds is 10. The molecule has 35 heavy (non-hydrogen) atoms. The van der Waals surface area contributed by atoms with Crippen LogP contribution in [0.4, 0.5) is 22.7 Å². The maximum atomic E-state index is 12.0. The number of aromatic nitrogens is 4. The summed E-state index contributed by atoms with van der Waals surface area (Å²) in [4.78, 5) is 36.2. The molecule has 0 unspecified atom stereocenters. The topological polar surface area (TPSA) is 99.2 Å². The van der Waals surface area contributed by atoms with Crippen molar-refractivity contribution in [2.75, 3.05) is 48.3 Å². The highest BCUT2D eigenvalue weighted by molar-refractivity contribution is 7.99. The quantitative estimate of drug-likeness (QED) is 0.408. The standard InChI is InChI=1S/C24H30N8OS2/c1-2-3-11-31-12-14-32(15-13-31)22-27-21(28-23-25-10-16-34-23)29-24(30-22)35-19-8-6-18(7-9-19)26-20(33)17-4-5-17/h6-10,16-17H,2-5,11-15H2,1H3,(H,26,33)(H,25,27,28,29,30). The second-order valence-electron chi connectivity index (χ2n) is 8.78. The molecular formula is C24H30N8OS2. The van der Waals surface area contributed by atoms with E-state index in [4.69, 9.17) is 9.97 Å². The van der Waals surface area contributed by atoms with Gasteiger partial charge < -0.3 is 10.2 Å². The van der Waals surface area contributed by atoms with E-state index < -0.39 is 0 Å². The molecule has 1 saturated carbocycles. The number of amides is 1. The first kappa shape index (κ1) is 24.0. The van der Waals surface area contributed by atoms with Crippen molar-refractivity contribution in [3.63, 3.8) is 0 Å². The molecule has 2 aromatic heterocycles. The third-order valence-electron chi connectivity index (χ3n) is 6.02. The van der Waals surface area contributed by atoms with Crippen LogP contribution in [0.3, 0.4) is 0 Å². The van der Waals surface area contributed by atoms with Crippen LogP contribution in [-0.2, 0) is 4.79 Å². The molecule has 0 bridgehead atoms. The first-order valence-electron chi connectivity index (χ1n) is 12.1. The molecule has 1 aromatic carbocycles. The number of carbonyl (C=O) groups is 1. The van der Waals surface area contributed by atoms with Crippen LogP contribution in [0.25, 0.3) is 0 Å². The maximum Gasteiger partial charge on any atom is 0.234 e. The number of carbonyl (C=O) groups excluding carboxylic acids is 1. The molecule has 0 spiro atoms. The zero-order valence-corrected chi connectivity index (χ0v) is 21.4. The number of anilines is 4.